The predicted molar refractivity (Wildman–Crippen MR) is 118 cm³/mol. The summed E-state index contributed by atoms with van der Waals surface area (Å²) in [4.78, 5) is 77.9. The van der Waals surface area contributed by atoms with Crippen LogP contribution in [0.3, 0.4) is 0 Å². The minimum absolute atomic E-state index is 0.192. The Bertz CT molecular complexity index is 918. The Labute approximate surface area is 199 Å². The molecule has 0 saturated carbocycles. The summed E-state index contributed by atoms with van der Waals surface area (Å²) in [7, 11) is 0. The molecule has 0 aromatic carbocycles. The van der Waals surface area contributed by atoms with E-state index in [0.717, 1.165) is 0 Å². The highest BCUT2D eigenvalue weighted by Gasteiger charge is 2.32. The Hall–Kier alpha value is -4.01. The highest BCUT2D eigenvalue weighted by atomic mass is 16.4. The molecule has 35 heavy (non-hydrogen) atoms. The fourth-order valence-corrected chi connectivity index (χ4v) is 2.85. The monoisotopic (exact) mass is 498 g/mol. The highest BCUT2D eigenvalue weighted by Crippen LogP contribution is 2.06. The maximum Gasteiger partial charge on any atom is 0.326 e. The van der Waals surface area contributed by atoms with Crippen LogP contribution in [-0.4, -0.2) is 85.1 Å². The van der Waals surface area contributed by atoms with Gasteiger partial charge in [-0.2, -0.15) is 0 Å². The second-order valence-corrected chi connectivity index (χ2v) is 8.10. The number of rotatable bonds is 15. The molecule has 0 unspecified atom stereocenters. The summed E-state index contributed by atoms with van der Waals surface area (Å²) in [6, 6.07) is -5.53. The minimum Gasteiger partial charge on any atom is -0.481 e. The topological polar surface area (TPSA) is 254 Å². The number of H-pyrrole nitrogens is 1. The van der Waals surface area contributed by atoms with E-state index in [1.54, 1.807) is 13.8 Å². The molecule has 0 radical (unpaired) electrons. The van der Waals surface area contributed by atoms with Crippen LogP contribution in [0.2, 0.25) is 0 Å². The number of carboxylic acid groups (broad SMARTS) is 3. The second-order valence-electron chi connectivity index (χ2n) is 8.10. The van der Waals surface area contributed by atoms with Gasteiger partial charge in [0.2, 0.25) is 17.7 Å². The van der Waals surface area contributed by atoms with Gasteiger partial charge in [0.15, 0.2) is 0 Å². The van der Waals surface area contributed by atoms with Crippen molar-refractivity contribution in [1.82, 2.24) is 25.9 Å². The molecule has 3 amide bonds. The van der Waals surface area contributed by atoms with Crippen LogP contribution in [0.5, 0.6) is 0 Å². The van der Waals surface area contributed by atoms with Gasteiger partial charge in [-0.05, 0) is 12.3 Å². The molecule has 0 aliphatic heterocycles. The van der Waals surface area contributed by atoms with Crippen LogP contribution in [0.4, 0.5) is 0 Å². The fraction of sp³-hybridized carbons (Fsp3) is 0.550. The third-order valence-corrected chi connectivity index (χ3v) is 4.91. The number of hydrogen-bond donors (Lipinski definition) is 8. The number of aromatic amines is 1. The molecule has 194 valence electrons. The first-order valence-corrected chi connectivity index (χ1v) is 10.6. The Morgan fingerprint density at radius 3 is 1.97 bits per heavy atom. The Morgan fingerprint density at radius 2 is 1.49 bits per heavy atom. The minimum atomic E-state index is -1.77. The van der Waals surface area contributed by atoms with Crippen molar-refractivity contribution in [2.75, 3.05) is 0 Å². The van der Waals surface area contributed by atoms with Crippen molar-refractivity contribution in [3.8, 4) is 0 Å². The number of carboxylic acids is 3. The van der Waals surface area contributed by atoms with Crippen molar-refractivity contribution >= 4 is 35.6 Å². The normalized spacial score (nSPS) is 14.3. The Kier molecular flexibility index (Phi) is 11.3. The van der Waals surface area contributed by atoms with Crippen molar-refractivity contribution in [2.45, 2.75) is 63.7 Å². The summed E-state index contributed by atoms with van der Waals surface area (Å²) in [6.07, 6.45) is 0.765. The van der Waals surface area contributed by atoms with Gasteiger partial charge in [-0.1, -0.05) is 13.8 Å². The summed E-state index contributed by atoms with van der Waals surface area (Å²) in [5, 5.41) is 33.9. The highest BCUT2D eigenvalue weighted by molar-refractivity contribution is 5.95. The average molecular weight is 498 g/mol. The molecule has 4 atom stereocenters. The smallest absolute Gasteiger partial charge is 0.326 e. The molecule has 0 aliphatic rings. The fourth-order valence-electron chi connectivity index (χ4n) is 2.85. The standard InChI is InChI=1S/C20H30N6O9/c1-9(2)16(21)19(33)24-11(3-4-14(27)28)17(31)25-12(5-10-7-22-8-23-10)18(32)26-13(20(34)35)6-15(29)30/h7-9,11-13,16H,3-6,21H2,1-2H3,(H,22,23)(H,24,33)(H,25,31)(H,26,32)(H,27,28)(H,29,30)(H,34,35)/t11-,12-,13-,16-/m0/s1. The lowest BCUT2D eigenvalue weighted by molar-refractivity contribution is -0.147. The second kappa shape index (κ2) is 13.6. The lowest BCUT2D eigenvalue weighted by Crippen LogP contribution is -2.58. The third kappa shape index (κ3) is 10.2. The summed E-state index contributed by atoms with van der Waals surface area (Å²) >= 11 is 0. The van der Waals surface area contributed by atoms with Crippen molar-refractivity contribution in [3.63, 3.8) is 0 Å². The summed E-state index contributed by atoms with van der Waals surface area (Å²) < 4.78 is 0. The molecular weight excluding hydrogens is 468 g/mol. The summed E-state index contributed by atoms with van der Waals surface area (Å²) in [5.41, 5.74) is 6.17. The Balaban J connectivity index is 3.11. The molecule has 1 rings (SSSR count). The van der Waals surface area contributed by atoms with Crippen LogP contribution < -0.4 is 21.7 Å². The number of aromatic nitrogens is 2. The molecular formula is C20H30N6O9. The number of amides is 3. The van der Waals surface area contributed by atoms with Crippen molar-refractivity contribution in [2.24, 2.45) is 11.7 Å². The largest absolute Gasteiger partial charge is 0.481 e. The molecule has 15 nitrogen and oxygen atoms in total. The van der Waals surface area contributed by atoms with Gasteiger partial charge in [0, 0.05) is 24.7 Å². The molecule has 15 heteroatoms. The first-order valence-electron chi connectivity index (χ1n) is 10.6. The molecule has 0 fully saturated rings. The van der Waals surface area contributed by atoms with Gasteiger partial charge in [0.05, 0.1) is 18.8 Å². The summed E-state index contributed by atoms with van der Waals surface area (Å²) in [5.74, 6) is -7.20. The zero-order chi connectivity index (χ0) is 26.7. The van der Waals surface area contributed by atoms with Gasteiger partial charge in [-0.25, -0.2) is 9.78 Å². The Morgan fingerprint density at radius 1 is 0.914 bits per heavy atom. The summed E-state index contributed by atoms with van der Waals surface area (Å²) in [6.45, 7) is 3.36. The predicted octanol–water partition coefficient (Wildman–Crippen LogP) is -2.19. The molecule has 1 heterocycles. The number of nitrogens with zero attached hydrogens (tertiary/aromatic N) is 1. The van der Waals surface area contributed by atoms with Crippen molar-refractivity contribution in [3.05, 3.63) is 18.2 Å². The van der Waals surface area contributed by atoms with E-state index in [9.17, 15) is 33.9 Å². The van der Waals surface area contributed by atoms with Gasteiger partial charge < -0.3 is 42.0 Å². The number of hydrogen-bond acceptors (Lipinski definition) is 8. The quantitative estimate of drug-likeness (QED) is 0.129. The van der Waals surface area contributed by atoms with E-state index in [2.05, 4.69) is 25.9 Å². The molecule has 1 aromatic rings. The molecule has 0 aliphatic carbocycles. The molecule has 0 spiro atoms. The van der Waals surface area contributed by atoms with Crippen LogP contribution >= 0.6 is 0 Å². The SMILES string of the molecule is CC(C)[C@H](N)C(=O)N[C@@H](CCC(=O)O)C(=O)N[C@@H](Cc1cnc[nH]1)C(=O)N[C@@H](CC(=O)O)C(=O)O. The van der Waals surface area contributed by atoms with E-state index >= 15 is 0 Å². The van der Waals surface area contributed by atoms with E-state index in [-0.39, 0.29) is 18.8 Å². The number of imidazole rings is 1. The van der Waals surface area contributed by atoms with Gasteiger partial charge in [0.1, 0.15) is 18.1 Å². The van der Waals surface area contributed by atoms with Crippen LogP contribution in [0.25, 0.3) is 0 Å². The number of aliphatic carboxylic acids is 3. The van der Waals surface area contributed by atoms with E-state index in [1.807, 2.05) is 0 Å². The van der Waals surface area contributed by atoms with Crippen molar-refractivity contribution in [1.29, 1.82) is 0 Å². The maximum absolute atomic E-state index is 12.9. The van der Waals surface area contributed by atoms with E-state index < -0.39 is 72.6 Å². The number of nitrogens with two attached hydrogens (primary N) is 1. The van der Waals surface area contributed by atoms with Gasteiger partial charge in [-0.3, -0.25) is 24.0 Å². The van der Waals surface area contributed by atoms with Crippen LogP contribution in [0.15, 0.2) is 12.5 Å². The first kappa shape index (κ1) is 29.0. The first-order chi connectivity index (χ1) is 16.3. The molecule has 9 N–H and O–H groups in total. The molecule has 0 bridgehead atoms. The average Bonchev–Trinajstić information content (AvgIpc) is 3.27. The lowest BCUT2D eigenvalue weighted by Gasteiger charge is -2.25. The van der Waals surface area contributed by atoms with Gasteiger partial charge in [-0.15, -0.1) is 0 Å². The van der Waals surface area contributed by atoms with Crippen LogP contribution in [0.1, 0.15) is 38.8 Å². The number of carbonyl (C=O) groups excluding carboxylic acids is 3. The third-order valence-electron chi connectivity index (χ3n) is 4.91. The number of nitrogens with one attached hydrogen (secondary N) is 4. The number of carbonyl (C=O) groups is 6. The van der Waals surface area contributed by atoms with E-state index in [0.29, 0.717) is 5.69 Å². The lowest BCUT2D eigenvalue weighted by atomic mass is 10.0. The van der Waals surface area contributed by atoms with Crippen LogP contribution in [-0.2, 0) is 35.2 Å². The van der Waals surface area contributed by atoms with Crippen molar-refractivity contribution < 1.29 is 44.1 Å². The van der Waals surface area contributed by atoms with Crippen LogP contribution in [0, 0.1) is 5.92 Å². The van der Waals surface area contributed by atoms with Gasteiger partial charge >= 0.3 is 17.9 Å². The van der Waals surface area contributed by atoms with Gasteiger partial charge in [0.25, 0.3) is 0 Å². The van der Waals surface area contributed by atoms with E-state index in [4.69, 9.17) is 15.9 Å². The zero-order valence-electron chi connectivity index (χ0n) is 19.2. The van der Waals surface area contributed by atoms with E-state index in [1.165, 1.54) is 12.5 Å². The molecule has 0 saturated heterocycles. The zero-order valence-corrected chi connectivity index (χ0v) is 19.2. The maximum atomic E-state index is 12.9. The molecule has 1 aromatic heterocycles.